The number of anilines is 2. The van der Waals surface area contributed by atoms with Gasteiger partial charge in [-0.15, -0.1) is 11.3 Å². The number of fused-ring (bicyclic) bond motifs is 1. The van der Waals surface area contributed by atoms with Crippen LogP contribution in [-0.2, 0) is 17.7 Å². The SMILES string of the molecule is c1csc(-c2n[nH]c3c2CN(c2cc(N4CCOCC4)ncn2)CC3)c1. The van der Waals surface area contributed by atoms with Crippen LogP contribution >= 0.6 is 11.3 Å². The van der Waals surface area contributed by atoms with E-state index in [1.807, 2.05) is 0 Å². The summed E-state index contributed by atoms with van der Waals surface area (Å²) in [4.78, 5) is 14.8. The minimum absolute atomic E-state index is 0.756. The fourth-order valence-electron chi connectivity index (χ4n) is 3.58. The maximum absolute atomic E-state index is 5.44. The number of thiophene rings is 1. The van der Waals surface area contributed by atoms with Crippen LogP contribution in [0, 0.1) is 0 Å². The molecule has 0 radical (unpaired) electrons. The van der Waals surface area contributed by atoms with Gasteiger partial charge in [0.05, 0.1) is 18.1 Å². The van der Waals surface area contributed by atoms with E-state index in [0.29, 0.717) is 0 Å². The molecule has 1 fully saturated rings. The topological polar surface area (TPSA) is 70.2 Å². The van der Waals surface area contributed by atoms with Gasteiger partial charge in [0.15, 0.2) is 0 Å². The average Bonchev–Trinajstić information content (AvgIpc) is 3.38. The highest BCUT2D eigenvalue weighted by atomic mass is 32.1. The molecule has 7 nitrogen and oxygen atoms in total. The van der Waals surface area contributed by atoms with Gasteiger partial charge >= 0.3 is 0 Å². The summed E-state index contributed by atoms with van der Waals surface area (Å²) in [5, 5.41) is 9.88. The molecule has 0 aliphatic carbocycles. The molecule has 1 N–H and O–H groups in total. The van der Waals surface area contributed by atoms with E-state index < -0.39 is 0 Å². The van der Waals surface area contributed by atoms with Gasteiger partial charge in [-0.3, -0.25) is 5.10 Å². The van der Waals surface area contributed by atoms with Crippen LogP contribution < -0.4 is 9.80 Å². The Labute approximate surface area is 155 Å². The smallest absolute Gasteiger partial charge is 0.134 e. The van der Waals surface area contributed by atoms with E-state index in [9.17, 15) is 0 Å². The number of hydrogen-bond donors (Lipinski definition) is 1. The maximum atomic E-state index is 5.44. The van der Waals surface area contributed by atoms with Gasteiger partial charge in [0, 0.05) is 49.9 Å². The molecule has 26 heavy (non-hydrogen) atoms. The number of nitrogens with zero attached hydrogens (tertiary/aromatic N) is 5. The molecule has 134 valence electrons. The Morgan fingerprint density at radius 1 is 1.08 bits per heavy atom. The number of H-pyrrole nitrogens is 1. The van der Waals surface area contributed by atoms with E-state index in [1.54, 1.807) is 17.7 Å². The molecule has 0 saturated carbocycles. The molecule has 0 bridgehead atoms. The minimum atomic E-state index is 0.756. The molecule has 8 heteroatoms. The van der Waals surface area contributed by atoms with Crippen molar-refractivity contribution in [3.05, 3.63) is 41.2 Å². The summed E-state index contributed by atoms with van der Waals surface area (Å²) in [6.45, 7) is 5.02. The van der Waals surface area contributed by atoms with Crippen molar-refractivity contribution in [2.75, 3.05) is 42.6 Å². The van der Waals surface area contributed by atoms with Crippen molar-refractivity contribution < 1.29 is 4.74 Å². The predicted molar refractivity (Wildman–Crippen MR) is 102 cm³/mol. The normalized spacial score (nSPS) is 17.4. The lowest BCUT2D eigenvalue weighted by molar-refractivity contribution is 0.122. The number of rotatable bonds is 3. The first-order valence-electron chi connectivity index (χ1n) is 8.88. The summed E-state index contributed by atoms with van der Waals surface area (Å²) < 4.78 is 5.44. The second-order valence-corrected chi connectivity index (χ2v) is 7.46. The molecular weight excluding hydrogens is 348 g/mol. The van der Waals surface area contributed by atoms with Crippen molar-refractivity contribution in [1.29, 1.82) is 0 Å². The Morgan fingerprint density at radius 2 is 1.92 bits per heavy atom. The number of nitrogens with one attached hydrogen (secondary N) is 1. The van der Waals surface area contributed by atoms with Gasteiger partial charge in [-0.05, 0) is 11.4 Å². The van der Waals surface area contributed by atoms with Crippen molar-refractivity contribution in [3.63, 3.8) is 0 Å². The lowest BCUT2D eigenvalue weighted by atomic mass is 10.0. The monoisotopic (exact) mass is 368 g/mol. The van der Waals surface area contributed by atoms with E-state index in [-0.39, 0.29) is 0 Å². The van der Waals surface area contributed by atoms with Crippen LogP contribution in [0.3, 0.4) is 0 Å². The van der Waals surface area contributed by atoms with Gasteiger partial charge in [0.1, 0.15) is 23.7 Å². The van der Waals surface area contributed by atoms with Gasteiger partial charge < -0.3 is 14.5 Å². The molecule has 0 atom stereocenters. The Kier molecular flexibility index (Phi) is 4.06. The number of morpholine rings is 1. The zero-order chi connectivity index (χ0) is 17.3. The Hall–Kier alpha value is -2.45. The van der Waals surface area contributed by atoms with Crippen molar-refractivity contribution in [1.82, 2.24) is 20.2 Å². The van der Waals surface area contributed by atoms with E-state index in [4.69, 9.17) is 4.74 Å². The molecule has 3 aromatic heterocycles. The van der Waals surface area contributed by atoms with Crippen LogP contribution in [0.4, 0.5) is 11.6 Å². The zero-order valence-corrected chi connectivity index (χ0v) is 15.2. The first-order chi connectivity index (χ1) is 12.9. The summed E-state index contributed by atoms with van der Waals surface area (Å²) in [5.41, 5.74) is 3.60. The molecule has 0 unspecified atom stereocenters. The molecule has 0 amide bonds. The summed E-state index contributed by atoms with van der Waals surface area (Å²) in [6.07, 6.45) is 2.62. The third kappa shape index (κ3) is 2.85. The van der Waals surface area contributed by atoms with Gasteiger partial charge in [-0.2, -0.15) is 5.10 Å². The summed E-state index contributed by atoms with van der Waals surface area (Å²) >= 11 is 1.73. The fraction of sp³-hybridized carbons (Fsp3) is 0.389. The molecule has 1 saturated heterocycles. The molecule has 5 heterocycles. The number of ether oxygens (including phenoxy) is 1. The Balaban J connectivity index is 1.42. The van der Waals surface area contributed by atoms with Gasteiger partial charge in [-0.25, -0.2) is 9.97 Å². The summed E-state index contributed by atoms with van der Waals surface area (Å²) in [7, 11) is 0. The summed E-state index contributed by atoms with van der Waals surface area (Å²) in [6, 6.07) is 6.29. The minimum Gasteiger partial charge on any atom is -0.378 e. The number of aromatic amines is 1. The fourth-order valence-corrected chi connectivity index (χ4v) is 4.32. The average molecular weight is 368 g/mol. The largest absolute Gasteiger partial charge is 0.378 e. The maximum Gasteiger partial charge on any atom is 0.134 e. The van der Waals surface area contributed by atoms with Gasteiger partial charge in [0.25, 0.3) is 0 Å². The third-order valence-electron chi connectivity index (χ3n) is 4.99. The summed E-state index contributed by atoms with van der Waals surface area (Å²) in [5.74, 6) is 1.96. The van der Waals surface area contributed by atoms with Gasteiger partial charge in [-0.1, -0.05) is 6.07 Å². The van der Waals surface area contributed by atoms with E-state index in [0.717, 1.165) is 63.1 Å². The van der Waals surface area contributed by atoms with Crippen LogP contribution in [0.15, 0.2) is 29.9 Å². The Bertz CT molecular complexity index is 887. The van der Waals surface area contributed by atoms with Crippen molar-refractivity contribution in [3.8, 4) is 10.6 Å². The molecular formula is C18H20N6OS. The zero-order valence-electron chi connectivity index (χ0n) is 14.4. The van der Waals surface area contributed by atoms with Crippen LogP contribution in [0.1, 0.15) is 11.3 Å². The van der Waals surface area contributed by atoms with Crippen LogP contribution in [-0.4, -0.2) is 53.0 Å². The van der Waals surface area contributed by atoms with Crippen molar-refractivity contribution >= 4 is 23.0 Å². The van der Waals surface area contributed by atoms with Crippen LogP contribution in [0.25, 0.3) is 10.6 Å². The second-order valence-electron chi connectivity index (χ2n) is 6.51. The quantitative estimate of drug-likeness (QED) is 0.765. The molecule has 0 spiro atoms. The van der Waals surface area contributed by atoms with Gasteiger partial charge in [0.2, 0.25) is 0 Å². The van der Waals surface area contributed by atoms with E-state index in [2.05, 4.69) is 53.5 Å². The van der Waals surface area contributed by atoms with E-state index in [1.165, 1.54) is 16.1 Å². The molecule has 3 aromatic rings. The molecule has 2 aliphatic heterocycles. The third-order valence-corrected chi connectivity index (χ3v) is 5.86. The first-order valence-corrected chi connectivity index (χ1v) is 9.76. The molecule has 5 rings (SSSR count). The highest BCUT2D eigenvalue weighted by Crippen LogP contribution is 2.32. The number of hydrogen-bond acceptors (Lipinski definition) is 7. The Morgan fingerprint density at radius 3 is 2.73 bits per heavy atom. The highest BCUT2D eigenvalue weighted by molar-refractivity contribution is 7.13. The van der Waals surface area contributed by atoms with Crippen molar-refractivity contribution in [2.24, 2.45) is 0 Å². The van der Waals surface area contributed by atoms with Crippen molar-refractivity contribution in [2.45, 2.75) is 13.0 Å². The standard InChI is InChI=1S/C18H20N6OS/c1-2-15(26-9-1)18-13-11-24(4-3-14(13)21-22-18)17-10-16(19-12-20-17)23-5-7-25-8-6-23/h1-2,9-10,12H,3-8,11H2,(H,21,22). The van der Waals surface area contributed by atoms with Crippen LogP contribution in [0.2, 0.25) is 0 Å². The lowest BCUT2D eigenvalue weighted by Crippen LogP contribution is -2.37. The lowest BCUT2D eigenvalue weighted by Gasteiger charge is -2.31. The predicted octanol–water partition coefficient (Wildman–Crippen LogP) is 2.33. The molecule has 2 aliphatic rings. The van der Waals surface area contributed by atoms with Crippen LogP contribution in [0.5, 0.6) is 0 Å². The highest BCUT2D eigenvalue weighted by Gasteiger charge is 2.24. The van der Waals surface area contributed by atoms with E-state index >= 15 is 0 Å². The molecule has 0 aromatic carbocycles. The number of aromatic nitrogens is 4. The second kappa shape index (κ2) is 6.69. The first kappa shape index (κ1) is 15.8.